The fourth-order valence-electron chi connectivity index (χ4n) is 4.42. The maximum Gasteiger partial charge on any atom is 0.306 e. The molecule has 2 unspecified atom stereocenters. The summed E-state index contributed by atoms with van der Waals surface area (Å²) in [6.07, 6.45) is 7.79. The highest BCUT2D eigenvalue weighted by molar-refractivity contribution is 5.73. The first kappa shape index (κ1) is 18.1. The molecule has 0 heterocycles. The minimum atomic E-state index is -0.625. The van der Waals surface area contributed by atoms with Gasteiger partial charge < -0.3 is 9.84 Å². The van der Waals surface area contributed by atoms with E-state index in [9.17, 15) is 4.79 Å². The lowest BCUT2D eigenvalue weighted by Crippen LogP contribution is -2.24. The highest BCUT2D eigenvalue weighted by Gasteiger charge is 2.42. The standard InChI is InChI=1S/C24H28O3/c25-24(26)23-16-20(23)14-11-17-9-12-18(13-10-17)19-5-4-8-22(15-19)27-21-6-2-1-3-7-21/h1-3,6-7,9-10,12-13,19-20,22-23H,4-5,8,11,14-16H2,(H,25,26)/t19?,20-,22?,23-/m0/s1. The van der Waals surface area contributed by atoms with Crippen molar-refractivity contribution in [2.45, 2.75) is 57.0 Å². The first-order valence-electron chi connectivity index (χ1n) is 10.2. The summed E-state index contributed by atoms with van der Waals surface area (Å²) < 4.78 is 6.18. The van der Waals surface area contributed by atoms with Crippen LogP contribution < -0.4 is 4.74 Å². The number of ether oxygens (including phenoxy) is 1. The lowest BCUT2D eigenvalue weighted by molar-refractivity contribution is -0.138. The van der Waals surface area contributed by atoms with Crippen LogP contribution in [0.2, 0.25) is 0 Å². The molecule has 0 bridgehead atoms. The van der Waals surface area contributed by atoms with Gasteiger partial charge in [0.2, 0.25) is 0 Å². The van der Waals surface area contributed by atoms with Crippen molar-refractivity contribution in [3.05, 3.63) is 65.7 Å². The maximum atomic E-state index is 10.9. The van der Waals surface area contributed by atoms with Gasteiger partial charge in [0, 0.05) is 0 Å². The summed E-state index contributed by atoms with van der Waals surface area (Å²) in [7, 11) is 0. The molecule has 0 saturated heterocycles. The van der Waals surface area contributed by atoms with Crippen LogP contribution in [0.3, 0.4) is 0 Å². The molecule has 0 aromatic heterocycles. The van der Waals surface area contributed by atoms with Crippen molar-refractivity contribution >= 4 is 5.97 Å². The summed E-state index contributed by atoms with van der Waals surface area (Å²) in [4.78, 5) is 10.9. The Kier molecular flexibility index (Phi) is 5.47. The number of carboxylic acids is 1. The van der Waals surface area contributed by atoms with Crippen molar-refractivity contribution in [2.75, 3.05) is 0 Å². The number of aliphatic carboxylic acids is 1. The molecule has 2 aromatic rings. The largest absolute Gasteiger partial charge is 0.490 e. The number of carbonyl (C=O) groups is 1. The third-order valence-electron chi connectivity index (χ3n) is 6.17. The molecule has 0 aliphatic heterocycles. The van der Waals surface area contributed by atoms with Crippen molar-refractivity contribution < 1.29 is 14.6 Å². The third-order valence-corrected chi connectivity index (χ3v) is 6.17. The zero-order valence-electron chi connectivity index (χ0n) is 15.7. The van der Waals surface area contributed by atoms with E-state index >= 15 is 0 Å². The van der Waals surface area contributed by atoms with E-state index < -0.39 is 5.97 Å². The Bertz CT molecular complexity index is 753. The van der Waals surface area contributed by atoms with Crippen LogP contribution in [0, 0.1) is 11.8 Å². The molecule has 2 fully saturated rings. The fraction of sp³-hybridized carbons (Fsp3) is 0.458. The average Bonchev–Trinajstić information content (AvgIpc) is 3.48. The zero-order chi connectivity index (χ0) is 18.6. The van der Waals surface area contributed by atoms with Gasteiger partial charge in [-0.2, -0.15) is 0 Å². The van der Waals surface area contributed by atoms with E-state index in [1.165, 1.54) is 24.0 Å². The van der Waals surface area contributed by atoms with Crippen LogP contribution in [0.4, 0.5) is 0 Å². The van der Waals surface area contributed by atoms with E-state index in [1.54, 1.807) is 0 Å². The van der Waals surface area contributed by atoms with Gasteiger partial charge in [-0.05, 0) is 80.0 Å². The quantitative estimate of drug-likeness (QED) is 0.711. The van der Waals surface area contributed by atoms with Gasteiger partial charge in [-0.3, -0.25) is 4.79 Å². The number of hydrogen-bond acceptors (Lipinski definition) is 2. The lowest BCUT2D eigenvalue weighted by atomic mass is 9.82. The Morgan fingerprint density at radius 1 is 1.00 bits per heavy atom. The van der Waals surface area contributed by atoms with Crippen molar-refractivity contribution in [3.63, 3.8) is 0 Å². The van der Waals surface area contributed by atoms with Crippen molar-refractivity contribution in [1.29, 1.82) is 0 Å². The average molecular weight is 364 g/mol. The van der Waals surface area contributed by atoms with E-state index in [-0.39, 0.29) is 5.92 Å². The van der Waals surface area contributed by atoms with Crippen LogP contribution >= 0.6 is 0 Å². The van der Waals surface area contributed by atoms with Crippen LogP contribution in [0.5, 0.6) is 5.75 Å². The van der Waals surface area contributed by atoms with E-state index in [4.69, 9.17) is 9.84 Å². The van der Waals surface area contributed by atoms with Crippen molar-refractivity contribution in [2.24, 2.45) is 11.8 Å². The number of benzene rings is 2. The lowest BCUT2D eigenvalue weighted by Gasteiger charge is -2.30. The van der Waals surface area contributed by atoms with Gasteiger partial charge in [0.25, 0.3) is 0 Å². The summed E-state index contributed by atoms with van der Waals surface area (Å²) >= 11 is 0. The number of para-hydroxylation sites is 1. The summed E-state index contributed by atoms with van der Waals surface area (Å²) in [5, 5.41) is 9.01. The molecule has 3 heteroatoms. The molecule has 0 spiro atoms. The maximum absolute atomic E-state index is 10.9. The van der Waals surface area contributed by atoms with Gasteiger partial charge in [-0.25, -0.2) is 0 Å². The Balaban J connectivity index is 1.29. The fourth-order valence-corrected chi connectivity index (χ4v) is 4.42. The zero-order valence-corrected chi connectivity index (χ0v) is 15.7. The van der Waals surface area contributed by atoms with Crippen molar-refractivity contribution in [3.8, 4) is 5.75 Å². The summed E-state index contributed by atoms with van der Waals surface area (Å²) in [5.41, 5.74) is 2.73. The Morgan fingerprint density at radius 3 is 2.48 bits per heavy atom. The Morgan fingerprint density at radius 2 is 1.78 bits per heavy atom. The molecule has 4 atom stereocenters. The minimum Gasteiger partial charge on any atom is -0.490 e. The van der Waals surface area contributed by atoms with Crippen LogP contribution in [0.1, 0.15) is 55.6 Å². The van der Waals surface area contributed by atoms with Gasteiger partial charge in [0.15, 0.2) is 0 Å². The molecular weight excluding hydrogens is 336 g/mol. The van der Waals surface area contributed by atoms with E-state index in [2.05, 4.69) is 24.3 Å². The second kappa shape index (κ2) is 8.16. The summed E-state index contributed by atoms with van der Waals surface area (Å²) in [6, 6.07) is 19.1. The topological polar surface area (TPSA) is 46.5 Å². The molecule has 142 valence electrons. The molecule has 4 rings (SSSR count). The number of hydrogen-bond donors (Lipinski definition) is 1. The normalized spacial score (nSPS) is 27.1. The predicted molar refractivity (Wildman–Crippen MR) is 106 cm³/mol. The molecule has 3 nitrogen and oxygen atoms in total. The smallest absolute Gasteiger partial charge is 0.306 e. The number of rotatable bonds is 7. The van der Waals surface area contributed by atoms with Crippen LogP contribution in [-0.2, 0) is 11.2 Å². The molecule has 0 amide bonds. The monoisotopic (exact) mass is 364 g/mol. The van der Waals surface area contributed by atoms with Gasteiger partial charge in [-0.1, -0.05) is 42.5 Å². The molecule has 27 heavy (non-hydrogen) atoms. The molecular formula is C24H28O3. The second-order valence-corrected chi connectivity index (χ2v) is 8.14. The molecule has 2 aromatic carbocycles. The molecule has 2 saturated carbocycles. The van der Waals surface area contributed by atoms with Crippen LogP contribution in [0.25, 0.3) is 0 Å². The van der Waals surface area contributed by atoms with Gasteiger partial charge >= 0.3 is 5.97 Å². The summed E-state index contributed by atoms with van der Waals surface area (Å²) in [5.74, 6) is 1.21. The first-order valence-corrected chi connectivity index (χ1v) is 10.2. The number of carboxylic acid groups (broad SMARTS) is 1. The van der Waals surface area contributed by atoms with Crippen LogP contribution in [-0.4, -0.2) is 17.2 Å². The minimum absolute atomic E-state index is 0.0898. The third kappa shape index (κ3) is 4.71. The predicted octanol–water partition coefficient (Wildman–Crippen LogP) is 5.45. The highest BCUT2D eigenvalue weighted by Crippen LogP contribution is 2.42. The first-order chi connectivity index (χ1) is 13.2. The van der Waals surface area contributed by atoms with E-state index in [0.29, 0.717) is 17.9 Å². The molecule has 2 aliphatic carbocycles. The van der Waals surface area contributed by atoms with Gasteiger partial charge in [-0.15, -0.1) is 0 Å². The molecule has 0 radical (unpaired) electrons. The van der Waals surface area contributed by atoms with Gasteiger partial charge in [0.05, 0.1) is 12.0 Å². The Labute approximate surface area is 161 Å². The van der Waals surface area contributed by atoms with Gasteiger partial charge in [0.1, 0.15) is 5.75 Å². The molecule has 1 N–H and O–H groups in total. The SMILES string of the molecule is O=C(O)[C@H]1C[C@@H]1CCc1ccc(C2CCCC(Oc3ccccc3)C2)cc1. The number of aryl methyl sites for hydroxylation is 1. The summed E-state index contributed by atoms with van der Waals surface area (Å²) in [6.45, 7) is 0. The van der Waals surface area contributed by atoms with Crippen LogP contribution in [0.15, 0.2) is 54.6 Å². The molecule has 2 aliphatic rings. The second-order valence-electron chi connectivity index (χ2n) is 8.14. The van der Waals surface area contributed by atoms with Crippen molar-refractivity contribution in [1.82, 2.24) is 0 Å². The highest BCUT2D eigenvalue weighted by atomic mass is 16.5. The Hall–Kier alpha value is -2.29. The van der Waals surface area contributed by atoms with E-state index in [0.717, 1.165) is 37.9 Å². The van der Waals surface area contributed by atoms with E-state index in [1.807, 2.05) is 30.3 Å².